The predicted octanol–water partition coefficient (Wildman–Crippen LogP) is 1.41. The van der Waals surface area contributed by atoms with E-state index < -0.39 is 0 Å². The largest absolute Gasteiger partial charge is 0.396 e. The standard InChI is InChI=1S/C10H10BrN5O/c1-16-5-7(12)9(15-16)10(17)14-8-3-2-6(11)4-13-8/h2-5H,12H2,1H3,(H,13,14,17). The number of carbonyl (C=O) groups is 1. The molecule has 2 aromatic heterocycles. The van der Waals surface area contributed by atoms with Gasteiger partial charge in [0.2, 0.25) is 0 Å². The van der Waals surface area contributed by atoms with Gasteiger partial charge in [0.25, 0.3) is 5.91 Å². The summed E-state index contributed by atoms with van der Waals surface area (Å²) in [5.41, 5.74) is 6.18. The number of hydrogen-bond donors (Lipinski definition) is 2. The molecule has 0 radical (unpaired) electrons. The number of hydrogen-bond acceptors (Lipinski definition) is 4. The Labute approximate surface area is 106 Å². The lowest BCUT2D eigenvalue weighted by molar-refractivity contribution is 0.102. The Hall–Kier alpha value is -1.89. The van der Waals surface area contributed by atoms with Crippen LogP contribution in [0, 0.1) is 0 Å². The number of aryl methyl sites for hydroxylation is 1. The van der Waals surface area contributed by atoms with Gasteiger partial charge in [0.15, 0.2) is 5.69 Å². The molecule has 0 spiro atoms. The summed E-state index contributed by atoms with van der Waals surface area (Å²) in [5.74, 6) is 0.0705. The van der Waals surface area contributed by atoms with Crippen molar-refractivity contribution < 1.29 is 4.79 Å². The number of amides is 1. The van der Waals surface area contributed by atoms with Crippen molar-refractivity contribution in [1.82, 2.24) is 14.8 Å². The molecule has 0 unspecified atom stereocenters. The lowest BCUT2D eigenvalue weighted by atomic mass is 10.3. The van der Waals surface area contributed by atoms with E-state index in [0.717, 1.165) is 4.47 Å². The average molecular weight is 296 g/mol. The minimum atomic E-state index is -0.377. The molecule has 0 aromatic carbocycles. The van der Waals surface area contributed by atoms with Crippen LogP contribution in [0.2, 0.25) is 0 Å². The number of nitrogens with zero attached hydrogens (tertiary/aromatic N) is 3. The molecule has 7 heteroatoms. The number of nitrogens with one attached hydrogen (secondary N) is 1. The van der Waals surface area contributed by atoms with Gasteiger partial charge in [-0.05, 0) is 28.1 Å². The molecule has 2 heterocycles. The molecule has 88 valence electrons. The molecule has 17 heavy (non-hydrogen) atoms. The van der Waals surface area contributed by atoms with Crippen LogP contribution in [0.5, 0.6) is 0 Å². The van der Waals surface area contributed by atoms with E-state index in [0.29, 0.717) is 11.5 Å². The van der Waals surface area contributed by atoms with Crippen molar-refractivity contribution in [3.05, 3.63) is 34.7 Å². The van der Waals surface area contributed by atoms with Crippen LogP contribution in [0.3, 0.4) is 0 Å². The van der Waals surface area contributed by atoms with Crippen LogP contribution >= 0.6 is 15.9 Å². The van der Waals surface area contributed by atoms with E-state index in [-0.39, 0.29) is 11.6 Å². The van der Waals surface area contributed by atoms with Crippen molar-refractivity contribution in [2.75, 3.05) is 11.1 Å². The SMILES string of the molecule is Cn1cc(N)c(C(=O)Nc2ccc(Br)cn2)n1. The topological polar surface area (TPSA) is 85.8 Å². The van der Waals surface area contributed by atoms with Crippen molar-refractivity contribution in [3.63, 3.8) is 0 Å². The highest BCUT2D eigenvalue weighted by molar-refractivity contribution is 9.10. The number of pyridine rings is 1. The second-order valence-corrected chi connectivity index (χ2v) is 4.34. The maximum Gasteiger partial charge on any atom is 0.279 e. The first kappa shape index (κ1) is 11.6. The van der Waals surface area contributed by atoms with Gasteiger partial charge < -0.3 is 11.1 Å². The monoisotopic (exact) mass is 295 g/mol. The summed E-state index contributed by atoms with van der Waals surface area (Å²) in [5, 5.41) is 6.58. The van der Waals surface area contributed by atoms with E-state index in [4.69, 9.17) is 5.73 Å². The third kappa shape index (κ3) is 2.62. The fourth-order valence-corrected chi connectivity index (χ4v) is 1.54. The van der Waals surface area contributed by atoms with Gasteiger partial charge in [0.05, 0.1) is 5.69 Å². The summed E-state index contributed by atoms with van der Waals surface area (Å²) in [6.45, 7) is 0. The van der Waals surface area contributed by atoms with Gasteiger partial charge >= 0.3 is 0 Å². The molecule has 0 saturated carbocycles. The Morgan fingerprint density at radius 1 is 1.53 bits per heavy atom. The van der Waals surface area contributed by atoms with Crippen LogP contribution in [-0.2, 0) is 7.05 Å². The number of carbonyl (C=O) groups excluding carboxylic acids is 1. The Kier molecular flexibility index (Phi) is 3.10. The summed E-state index contributed by atoms with van der Waals surface area (Å²) in [6, 6.07) is 3.46. The van der Waals surface area contributed by atoms with Crippen LogP contribution in [0.15, 0.2) is 29.0 Å². The second kappa shape index (κ2) is 4.54. The fourth-order valence-electron chi connectivity index (χ4n) is 1.31. The first-order valence-electron chi connectivity index (χ1n) is 4.78. The Bertz CT molecular complexity index is 548. The van der Waals surface area contributed by atoms with Gasteiger partial charge in [-0.1, -0.05) is 0 Å². The minimum absolute atomic E-state index is 0.192. The molecule has 6 nitrogen and oxygen atoms in total. The lowest BCUT2D eigenvalue weighted by Gasteiger charge is -2.02. The zero-order chi connectivity index (χ0) is 12.4. The summed E-state index contributed by atoms with van der Waals surface area (Å²) in [7, 11) is 1.70. The Balaban J connectivity index is 2.17. The Morgan fingerprint density at radius 2 is 2.29 bits per heavy atom. The predicted molar refractivity (Wildman–Crippen MR) is 67.5 cm³/mol. The van der Waals surface area contributed by atoms with Crippen molar-refractivity contribution in [2.45, 2.75) is 0 Å². The molecule has 0 aliphatic heterocycles. The number of rotatable bonds is 2. The van der Waals surface area contributed by atoms with Crippen LogP contribution in [-0.4, -0.2) is 20.7 Å². The van der Waals surface area contributed by atoms with E-state index in [1.807, 2.05) is 0 Å². The quantitative estimate of drug-likeness (QED) is 0.877. The molecular weight excluding hydrogens is 286 g/mol. The van der Waals surface area contributed by atoms with Crippen LogP contribution in [0.4, 0.5) is 11.5 Å². The molecule has 2 rings (SSSR count). The zero-order valence-electron chi connectivity index (χ0n) is 9.01. The minimum Gasteiger partial charge on any atom is -0.396 e. The molecule has 0 aliphatic rings. The number of aromatic nitrogens is 3. The molecule has 0 aliphatic carbocycles. The first-order chi connectivity index (χ1) is 8.06. The highest BCUT2D eigenvalue weighted by atomic mass is 79.9. The highest BCUT2D eigenvalue weighted by Gasteiger charge is 2.14. The normalized spacial score (nSPS) is 10.2. The number of halogens is 1. The molecule has 3 N–H and O–H groups in total. The number of anilines is 2. The number of nitrogens with two attached hydrogens (primary N) is 1. The summed E-state index contributed by atoms with van der Waals surface area (Å²) < 4.78 is 2.33. The first-order valence-corrected chi connectivity index (χ1v) is 5.57. The molecule has 1 amide bonds. The van der Waals surface area contributed by atoms with E-state index in [9.17, 15) is 4.79 Å². The van der Waals surface area contributed by atoms with E-state index >= 15 is 0 Å². The maximum absolute atomic E-state index is 11.8. The van der Waals surface area contributed by atoms with Crippen molar-refractivity contribution in [2.24, 2.45) is 7.05 Å². The third-order valence-electron chi connectivity index (χ3n) is 2.04. The van der Waals surface area contributed by atoms with E-state index in [2.05, 4.69) is 31.3 Å². The van der Waals surface area contributed by atoms with Gasteiger partial charge in [-0.25, -0.2) is 4.98 Å². The van der Waals surface area contributed by atoms with Gasteiger partial charge in [0.1, 0.15) is 5.82 Å². The third-order valence-corrected chi connectivity index (χ3v) is 2.51. The molecule has 0 bridgehead atoms. The van der Waals surface area contributed by atoms with Gasteiger partial charge in [-0.15, -0.1) is 0 Å². The molecule has 2 aromatic rings. The molecular formula is C10H10BrN5O. The maximum atomic E-state index is 11.8. The fraction of sp³-hybridized carbons (Fsp3) is 0.100. The van der Waals surface area contributed by atoms with Crippen LogP contribution < -0.4 is 11.1 Å². The van der Waals surface area contributed by atoms with Gasteiger partial charge in [-0.3, -0.25) is 9.48 Å². The van der Waals surface area contributed by atoms with E-state index in [1.165, 1.54) is 4.68 Å². The van der Waals surface area contributed by atoms with E-state index in [1.54, 1.807) is 31.6 Å². The smallest absolute Gasteiger partial charge is 0.279 e. The lowest BCUT2D eigenvalue weighted by Crippen LogP contribution is -2.15. The van der Waals surface area contributed by atoms with Crippen LogP contribution in [0.25, 0.3) is 0 Å². The average Bonchev–Trinajstić information content (AvgIpc) is 2.61. The summed E-state index contributed by atoms with van der Waals surface area (Å²) in [6.07, 6.45) is 3.17. The van der Waals surface area contributed by atoms with Crippen molar-refractivity contribution in [1.29, 1.82) is 0 Å². The number of nitrogen functional groups attached to an aromatic ring is 1. The Morgan fingerprint density at radius 3 is 2.82 bits per heavy atom. The molecule has 0 atom stereocenters. The molecule has 0 fully saturated rings. The van der Waals surface area contributed by atoms with Crippen molar-refractivity contribution >= 4 is 33.3 Å². The van der Waals surface area contributed by atoms with Gasteiger partial charge in [-0.2, -0.15) is 5.10 Å². The highest BCUT2D eigenvalue weighted by Crippen LogP contribution is 2.13. The van der Waals surface area contributed by atoms with Gasteiger partial charge in [0, 0.05) is 23.9 Å². The second-order valence-electron chi connectivity index (χ2n) is 3.42. The summed E-state index contributed by atoms with van der Waals surface area (Å²) in [4.78, 5) is 15.8. The molecule has 0 saturated heterocycles. The summed E-state index contributed by atoms with van der Waals surface area (Å²) >= 11 is 3.26. The van der Waals surface area contributed by atoms with Crippen LogP contribution in [0.1, 0.15) is 10.5 Å². The zero-order valence-corrected chi connectivity index (χ0v) is 10.6. The van der Waals surface area contributed by atoms with Crippen molar-refractivity contribution in [3.8, 4) is 0 Å².